The second-order valence-corrected chi connectivity index (χ2v) is 8.13. The minimum Gasteiger partial charge on any atom is -0.389 e. The second-order valence-electron chi connectivity index (χ2n) is 5.78. The molecule has 4 nitrogen and oxygen atoms in total. The van der Waals surface area contributed by atoms with E-state index < -0.39 is 10.0 Å². The molecule has 21 heavy (non-hydrogen) atoms. The highest BCUT2D eigenvalue weighted by Gasteiger charge is 2.27. The third kappa shape index (κ3) is 3.62. The van der Waals surface area contributed by atoms with Crippen LogP contribution in [0.5, 0.6) is 0 Å². The van der Waals surface area contributed by atoms with Crippen molar-refractivity contribution in [3.05, 3.63) is 29.3 Å². The molecule has 1 aromatic rings. The van der Waals surface area contributed by atoms with E-state index in [4.69, 9.17) is 18.0 Å². The summed E-state index contributed by atoms with van der Waals surface area (Å²) in [6.45, 7) is 5.16. The van der Waals surface area contributed by atoms with Gasteiger partial charge in [0.25, 0.3) is 0 Å². The highest BCUT2D eigenvalue weighted by Crippen LogP contribution is 2.25. The van der Waals surface area contributed by atoms with Crippen LogP contribution in [-0.2, 0) is 10.0 Å². The summed E-state index contributed by atoms with van der Waals surface area (Å²) in [5, 5.41) is 0. The number of thiocarbonyl (C=S) groups is 1. The van der Waals surface area contributed by atoms with E-state index in [1.165, 1.54) is 0 Å². The van der Waals surface area contributed by atoms with Crippen LogP contribution in [0.2, 0.25) is 0 Å². The van der Waals surface area contributed by atoms with Crippen LogP contribution in [-0.4, -0.2) is 30.8 Å². The molecule has 116 valence electrons. The Labute approximate surface area is 132 Å². The van der Waals surface area contributed by atoms with Gasteiger partial charge in [-0.25, -0.2) is 8.42 Å². The summed E-state index contributed by atoms with van der Waals surface area (Å²) in [5.74, 6) is 0.586. The molecule has 0 radical (unpaired) electrons. The molecular formula is C15H22N2O2S2. The van der Waals surface area contributed by atoms with Gasteiger partial charge in [-0.1, -0.05) is 25.2 Å². The van der Waals surface area contributed by atoms with Crippen molar-refractivity contribution in [1.29, 1.82) is 0 Å². The van der Waals surface area contributed by atoms with Crippen molar-refractivity contribution in [2.75, 3.05) is 13.1 Å². The molecule has 0 saturated carbocycles. The van der Waals surface area contributed by atoms with Gasteiger partial charge in [-0.2, -0.15) is 4.31 Å². The topological polar surface area (TPSA) is 63.4 Å². The molecule has 1 heterocycles. The van der Waals surface area contributed by atoms with Crippen molar-refractivity contribution >= 4 is 27.2 Å². The van der Waals surface area contributed by atoms with Crippen LogP contribution in [0.1, 0.15) is 37.3 Å². The zero-order chi connectivity index (χ0) is 15.6. The first-order valence-electron chi connectivity index (χ1n) is 7.23. The van der Waals surface area contributed by atoms with Gasteiger partial charge >= 0.3 is 0 Å². The Morgan fingerprint density at radius 3 is 2.67 bits per heavy atom. The van der Waals surface area contributed by atoms with Gasteiger partial charge in [0.15, 0.2) is 0 Å². The number of nitrogens with two attached hydrogens (primary N) is 1. The highest BCUT2D eigenvalue weighted by molar-refractivity contribution is 7.89. The van der Waals surface area contributed by atoms with E-state index >= 15 is 0 Å². The van der Waals surface area contributed by atoms with Crippen molar-refractivity contribution in [3.63, 3.8) is 0 Å². The third-order valence-electron chi connectivity index (χ3n) is 4.05. The van der Waals surface area contributed by atoms with E-state index in [0.717, 1.165) is 19.3 Å². The lowest BCUT2D eigenvalue weighted by Crippen LogP contribution is -2.32. The fraction of sp³-hybridized carbons (Fsp3) is 0.533. The Kier molecular flexibility index (Phi) is 5.01. The Morgan fingerprint density at radius 2 is 2.05 bits per heavy atom. The number of rotatable bonds is 3. The molecule has 0 aliphatic carbocycles. The van der Waals surface area contributed by atoms with Crippen LogP contribution in [0.3, 0.4) is 0 Å². The van der Waals surface area contributed by atoms with Gasteiger partial charge in [0.2, 0.25) is 10.0 Å². The number of aryl methyl sites for hydroxylation is 1. The second kappa shape index (κ2) is 6.42. The molecule has 2 N–H and O–H groups in total. The number of sulfonamides is 1. The van der Waals surface area contributed by atoms with Crippen molar-refractivity contribution in [1.82, 2.24) is 4.31 Å². The van der Waals surface area contributed by atoms with E-state index in [0.29, 0.717) is 35.0 Å². The smallest absolute Gasteiger partial charge is 0.243 e. The average molecular weight is 326 g/mol. The molecule has 0 aromatic heterocycles. The monoisotopic (exact) mass is 326 g/mol. The number of hydrogen-bond acceptors (Lipinski definition) is 3. The van der Waals surface area contributed by atoms with Gasteiger partial charge < -0.3 is 5.73 Å². The maximum absolute atomic E-state index is 12.8. The summed E-state index contributed by atoms with van der Waals surface area (Å²) in [6.07, 6.45) is 2.93. The fourth-order valence-electron chi connectivity index (χ4n) is 2.71. The lowest BCUT2D eigenvalue weighted by atomic mass is 10.0. The number of hydrogen-bond donors (Lipinski definition) is 1. The predicted molar refractivity (Wildman–Crippen MR) is 88.8 cm³/mol. The van der Waals surface area contributed by atoms with Gasteiger partial charge in [0, 0.05) is 18.7 Å². The van der Waals surface area contributed by atoms with Gasteiger partial charge in [-0.05, 0) is 49.8 Å². The molecule has 1 unspecified atom stereocenters. The predicted octanol–water partition coefficient (Wildman–Crippen LogP) is 2.44. The summed E-state index contributed by atoms with van der Waals surface area (Å²) >= 11 is 4.93. The van der Waals surface area contributed by atoms with E-state index in [-0.39, 0.29) is 4.99 Å². The molecule has 0 amide bonds. The molecule has 1 fully saturated rings. The summed E-state index contributed by atoms with van der Waals surface area (Å²) < 4.78 is 27.2. The zero-order valence-corrected chi connectivity index (χ0v) is 14.1. The fourth-order valence-corrected chi connectivity index (χ4v) is 4.53. The largest absolute Gasteiger partial charge is 0.389 e. The molecule has 0 spiro atoms. The molecule has 1 aromatic carbocycles. The van der Waals surface area contributed by atoms with Gasteiger partial charge in [0.1, 0.15) is 4.99 Å². The summed E-state index contributed by atoms with van der Waals surface area (Å²) in [4.78, 5) is 0.641. The minimum atomic E-state index is -3.43. The van der Waals surface area contributed by atoms with Crippen LogP contribution in [0.25, 0.3) is 0 Å². The van der Waals surface area contributed by atoms with Crippen molar-refractivity contribution < 1.29 is 8.42 Å². The van der Waals surface area contributed by atoms with Crippen LogP contribution in [0, 0.1) is 12.8 Å². The lowest BCUT2D eigenvalue weighted by Gasteiger charge is -2.21. The normalized spacial score (nSPS) is 21.0. The third-order valence-corrected chi connectivity index (χ3v) is 6.35. The summed E-state index contributed by atoms with van der Waals surface area (Å²) in [7, 11) is -3.43. The molecule has 1 saturated heterocycles. The van der Waals surface area contributed by atoms with Gasteiger partial charge in [-0.3, -0.25) is 0 Å². The van der Waals surface area contributed by atoms with E-state index in [1.54, 1.807) is 29.4 Å². The van der Waals surface area contributed by atoms with Crippen molar-refractivity contribution in [2.24, 2.45) is 11.7 Å². The first-order chi connectivity index (χ1) is 9.82. The van der Waals surface area contributed by atoms with E-state index in [1.807, 2.05) is 0 Å². The molecule has 2 rings (SSSR count). The average Bonchev–Trinajstić information content (AvgIpc) is 2.63. The molecular weight excluding hydrogens is 304 g/mol. The first-order valence-corrected chi connectivity index (χ1v) is 9.08. The Balaban J connectivity index is 2.33. The Morgan fingerprint density at radius 1 is 1.33 bits per heavy atom. The van der Waals surface area contributed by atoms with Gasteiger partial charge in [0.05, 0.1) is 4.90 Å². The molecule has 1 atom stereocenters. The maximum atomic E-state index is 12.8. The Bertz CT molecular complexity index is 641. The summed E-state index contributed by atoms with van der Waals surface area (Å²) in [6, 6.07) is 5.05. The molecule has 1 aliphatic heterocycles. The Hall–Kier alpha value is -0.980. The SMILES string of the molecule is Cc1cc(C(N)=S)ccc1S(=O)(=O)N1CCCC(C)CC1. The highest BCUT2D eigenvalue weighted by atomic mass is 32.2. The molecule has 0 bridgehead atoms. The molecule has 6 heteroatoms. The first kappa shape index (κ1) is 16.4. The van der Waals surface area contributed by atoms with Crippen LogP contribution in [0.15, 0.2) is 23.1 Å². The van der Waals surface area contributed by atoms with E-state index in [2.05, 4.69) is 6.92 Å². The lowest BCUT2D eigenvalue weighted by molar-refractivity contribution is 0.416. The summed E-state index contributed by atoms with van der Waals surface area (Å²) in [5.41, 5.74) is 6.98. The number of benzene rings is 1. The molecule has 1 aliphatic rings. The van der Waals surface area contributed by atoms with Crippen molar-refractivity contribution in [3.8, 4) is 0 Å². The standard InChI is InChI=1S/C15H22N2O2S2/c1-11-4-3-8-17(9-7-11)21(18,19)14-6-5-13(15(16)20)10-12(14)2/h5-6,10-11H,3-4,7-9H2,1-2H3,(H2,16,20). The minimum absolute atomic E-state index is 0.283. The van der Waals surface area contributed by atoms with E-state index in [9.17, 15) is 8.42 Å². The van der Waals surface area contributed by atoms with Crippen LogP contribution in [0.4, 0.5) is 0 Å². The maximum Gasteiger partial charge on any atom is 0.243 e. The zero-order valence-electron chi connectivity index (χ0n) is 12.5. The van der Waals surface area contributed by atoms with Crippen LogP contribution < -0.4 is 5.73 Å². The van der Waals surface area contributed by atoms with Crippen LogP contribution >= 0.6 is 12.2 Å². The quantitative estimate of drug-likeness (QED) is 0.867. The van der Waals surface area contributed by atoms with Gasteiger partial charge in [-0.15, -0.1) is 0 Å². The number of nitrogens with zero attached hydrogens (tertiary/aromatic N) is 1. The van der Waals surface area contributed by atoms with Crippen molar-refractivity contribution in [2.45, 2.75) is 38.0 Å².